The molecule has 0 N–H and O–H groups in total. The standard InChI is InChI=1S/C25H30N4O5S2/c1-17-6-4-5-11-29(17)36(31,32)19-9-7-18(8-10-19)24(30)28(13-12-27(2)3)25-26-20-14-21-22(34-16-33-21)15-23(20)35-25/h7-10,14-15,17H,4-6,11-13,16H2,1-3H3/t17-/m0/s1. The fourth-order valence-corrected chi connectivity index (χ4v) is 7.19. The van der Waals surface area contributed by atoms with Crippen LogP contribution < -0.4 is 14.4 Å². The topological polar surface area (TPSA) is 92.3 Å². The van der Waals surface area contributed by atoms with Crippen LogP contribution in [0, 0.1) is 0 Å². The number of hydrogen-bond acceptors (Lipinski definition) is 8. The van der Waals surface area contributed by atoms with Crippen molar-refractivity contribution >= 4 is 42.6 Å². The zero-order chi connectivity index (χ0) is 25.4. The third-order valence-corrected chi connectivity index (χ3v) is 9.64. The molecule has 1 atom stereocenters. The van der Waals surface area contributed by atoms with Gasteiger partial charge in [-0.25, -0.2) is 13.4 Å². The first-order valence-corrected chi connectivity index (χ1v) is 14.3. The van der Waals surface area contributed by atoms with E-state index in [-0.39, 0.29) is 23.6 Å². The molecule has 2 aliphatic rings. The second kappa shape index (κ2) is 9.97. The Balaban J connectivity index is 1.43. The number of ether oxygens (including phenoxy) is 2. The van der Waals surface area contributed by atoms with Gasteiger partial charge in [0.15, 0.2) is 16.6 Å². The zero-order valence-electron chi connectivity index (χ0n) is 20.6. The highest BCUT2D eigenvalue weighted by atomic mass is 32.2. The van der Waals surface area contributed by atoms with E-state index in [4.69, 9.17) is 14.5 Å². The summed E-state index contributed by atoms with van der Waals surface area (Å²) in [6.07, 6.45) is 2.77. The van der Waals surface area contributed by atoms with Crippen molar-refractivity contribution in [1.29, 1.82) is 0 Å². The van der Waals surface area contributed by atoms with Gasteiger partial charge >= 0.3 is 0 Å². The molecule has 1 saturated heterocycles. The molecule has 0 saturated carbocycles. The van der Waals surface area contributed by atoms with Crippen LogP contribution in [-0.2, 0) is 10.0 Å². The maximum absolute atomic E-state index is 13.6. The van der Waals surface area contributed by atoms with Crippen LogP contribution in [0.1, 0.15) is 36.5 Å². The number of rotatable bonds is 7. The first-order valence-electron chi connectivity index (χ1n) is 12.0. The zero-order valence-corrected chi connectivity index (χ0v) is 22.3. The van der Waals surface area contributed by atoms with Crippen molar-refractivity contribution in [3.63, 3.8) is 0 Å². The van der Waals surface area contributed by atoms with Gasteiger partial charge in [-0.1, -0.05) is 17.8 Å². The molecule has 9 nitrogen and oxygen atoms in total. The maximum Gasteiger partial charge on any atom is 0.260 e. The summed E-state index contributed by atoms with van der Waals surface area (Å²) >= 11 is 1.41. The Bertz CT molecular complexity index is 1330. The first-order chi connectivity index (χ1) is 17.2. The predicted molar refractivity (Wildman–Crippen MR) is 140 cm³/mol. The monoisotopic (exact) mass is 530 g/mol. The van der Waals surface area contributed by atoms with Crippen LogP contribution in [0.3, 0.4) is 0 Å². The van der Waals surface area contributed by atoms with Crippen molar-refractivity contribution < 1.29 is 22.7 Å². The summed E-state index contributed by atoms with van der Waals surface area (Å²) in [4.78, 5) is 22.2. The van der Waals surface area contributed by atoms with E-state index in [0.29, 0.717) is 41.8 Å². The number of hydrogen-bond donors (Lipinski definition) is 0. The van der Waals surface area contributed by atoms with Crippen molar-refractivity contribution in [3.8, 4) is 11.5 Å². The van der Waals surface area contributed by atoms with Gasteiger partial charge in [-0.05, 0) is 58.1 Å². The number of piperidine rings is 1. The molecule has 0 spiro atoms. The normalized spacial score (nSPS) is 18.2. The van der Waals surface area contributed by atoms with E-state index in [9.17, 15) is 13.2 Å². The van der Waals surface area contributed by atoms with E-state index < -0.39 is 10.0 Å². The van der Waals surface area contributed by atoms with Crippen molar-refractivity contribution in [3.05, 3.63) is 42.0 Å². The van der Waals surface area contributed by atoms with Gasteiger partial charge in [0.2, 0.25) is 16.8 Å². The Morgan fingerprint density at radius 2 is 1.83 bits per heavy atom. The molecule has 3 aromatic rings. The van der Waals surface area contributed by atoms with E-state index >= 15 is 0 Å². The molecule has 0 radical (unpaired) electrons. The lowest BCUT2D eigenvalue weighted by Crippen LogP contribution is -2.41. The fourth-order valence-electron chi connectivity index (χ4n) is 4.49. The van der Waals surface area contributed by atoms with Gasteiger partial charge in [0.05, 0.1) is 15.1 Å². The molecule has 1 fully saturated rings. The quantitative estimate of drug-likeness (QED) is 0.459. The molecule has 11 heteroatoms. The summed E-state index contributed by atoms with van der Waals surface area (Å²) in [5, 5.41) is 0.569. The van der Waals surface area contributed by atoms with Crippen molar-refractivity contribution in [1.82, 2.24) is 14.2 Å². The predicted octanol–water partition coefficient (Wildman–Crippen LogP) is 3.80. The Labute approximate surface area is 215 Å². The maximum atomic E-state index is 13.6. The minimum Gasteiger partial charge on any atom is -0.454 e. The minimum absolute atomic E-state index is 0.0252. The second-order valence-corrected chi connectivity index (χ2v) is 12.3. The molecule has 2 aliphatic heterocycles. The number of benzene rings is 2. The Kier molecular flexibility index (Phi) is 6.90. The highest BCUT2D eigenvalue weighted by molar-refractivity contribution is 7.89. The SMILES string of the molecule is C[C@H]1CCCCN1S(=O)(=O)c1ccc(C(=O)N(CCN(C)C)c2nc3cc4c(cc3s2)OCO4)cc1. The molecule has 0 bridgehead atoms. The lowest BCUT2D eigenvalue weighted by molar-refractivity contribution is 0.0985. The molecule has 192 valence electrons. The van der Waals surface area contributed by atoms with Crippen molar-refractivity contribution in [2.75, 3.05) is 45.4 Å². The van der Waals surface area contributed by atoms with Crippen LogP contribution in [0.4, 0.5) is 5.13 Å². The molecule has 5 rings (SSSR count). The number of nitrogens with zero attached hydrogens (tertiary/aromatic N) is 4. The van der Waals surface area contributed by atoms with Gasteiger partial charge in [-0.15, -0.1) is 0 Å². The second-order valence-electron chi connectivity index (χ2n) is 9.41. The molecular formula is C25H30N4O5S2. The highest BCUT2D eigenvalue weighted by Crippen LogP contribution is 2.40. The highest BCUT2D eigenvalue weighted by Gasteiger charge is 2.31. The molecule has 0 unspecified atom stereocenters. The lowest BCUT2D eigenvalue weighted by Gasteiger charge is -2.32. The van der Waals surface area contributed by atoms with Gasteiger partial charge in [-0.3, -0.25) is 9.69 Å². The summed E-state index contributed by atoms with van der Waals surface area (Å²) in [6, 6.07) is 9.94. The lowest BCUT2D eigenvalue weighted by atomic mass is 10.1. The number of thiazole rings is 1. The minimum atomic E-state index is -3.60. The van der Waals surface area contributed by atoms with E-state index in [1.165, 1.54) is 23.5 Å². The van der Waals surface area contributed by atoms with Crippen LogP contribution in [0.15, 0.2) is 41.3 Å². The van der Waals surface area contributed by atoms with Crippen LogP contribution in [-0.4, -0.2) is 75.1 Å². The average molecular weight is 531 g/mol. The number of aromatic nitrogens is 1. The summed E-state index contributed by atoms with van der Waals surface area (Å²) in [6.45, 7) is 3.74. The van der Waals surface area contributed by atoms with E-state index in [2.05, 4.69) is 0 Å². The van der Waals surface area contributed by atoms with Gasteiger partial charge in [0, 0.05) is 43.4 Å². The third kappa shape index (κ3) is 4.80. The number of anilines is 1. The fraction of sp³-hybridized carbons (Fsp3) is 0.440. The first kappa shape index (κ1) is 24.9. The summed E-state index contributed by atoms with van der Waals surface area (Å²) < 4.78 is 39.8. The number of amides is 1. The van der Waals surface area contributed by atoms with E-state index in [0.717, 1.165) is 29.5 Å². The molecular weight excluding hydrogens is 500 g/mol. The van der Waals surface area contributed by atoms with Gasteiger partial charge in [-0.2, -0.15) is 4.31 Å². The smallest absolute Gasteiger partial charge is 0.260 e. The number of carbonyl (C=O) groups is 1. The van der Waals surface area contributed by atoms with E-state index in [1.807, 2.05) is 38.1 Å². The van der Waals surface area contributed by atoms with Crippen molar-refractivity contribution in [2.45, 2.75) is 37.1 Å². The molecule has 36 heavy (non-hydrogen) atoms. The number of likely N-dealkylation sites (N-methyl/N-ethyl adjacent to an activating group) is 1. The largest absolute Gasteiger partial charge is 0.454 e. The third-order valence-electron chi connectivity index (χ3n) is 6.57. The van der Waals surface area contributed by atoms with Crippen LogP contribution in [0.2, 0.25) is 0 Å². The van der Waals surface area contributed by atoms with Gasteiger partial charge in [0.25, 0.3) is 5.91 Å². The van der Waals surface area contributed by atoms with Crippen LogP contribution in [0.5, 0.6) is 11.5 Å². The Hall–Kier alpha value is -2.73. The van der Waals surface area contributed by atoms with Gasteiger partial charge in [0.1, 0.15) is 0 Å². The molecule has 1 amide bonds. The Morgan fingerprint density at radius 1 is 1.11 bits per heavy atom. The molecule has 2 aromatic carbocycles. The summed E-state index contributed by atoms with van der Waals surface area (Å²) in [7, 11) is 0.289. The van der Waals surface area contributed by atoms with Gasteiger partial charge < -0.3 is 14.4 Å². The summed E-state index contributed by atoms with van der Waals surface area (Å²) in [5.74, 6) is 1.08. The molecule has 3 heterocycles. The number of carbonyl (C=O) groups excluding carboxylic acids is 1. The number of sulfonamides is 1. The Morgan fingerprint density at radius 3 is 2.53 bits per heavy atom. The molecule has 0 aliphatic carbocycles. The average Bonchev–Trinajstić information content (AvgIpc) is 3.48. The van der Waals surface area contributed by atoms with Crippen LogP contribution in [0.25, 0.3) is 10.2 Å². The van der Waals surface area contributed by atoms with Crippen molar-refractivity contribution in [2.24, 2.45) is 0 Å². The summed E-state index contributed by atoms with van der Waals surface area (Å²) in [5.41, 5.74) is 1.15. The van der Waals surface area contributed by atoms with Crippen LogP contribution >= 0.6 is 11.3 Å². The van der Waals surface area contributed by atoms with E-state index in [1.54, 1.807) is 21.3 Å². The number of fused-ring (bicyclic) bond motifs is 2. The molecule has 1 aromatic heterocycles.